The van der Waals surface area contributed by atoms with Gasteiger partial charge in [-0.2, -0.15) is 0 Å². The van der Waals surface area contributed by atoms with Gasteiger partial charge in [-0.05, 0) is 36.8 Å². The van der Waals surface area contributed by atoms with Crippen LogP contribution in [0.1, 0.15) is 28.5 Å². The maximum Gasteiger partial charge on any atom is 0.254 e. The number of hydrogen-bond donors (Lipinski definition) is 1. The van der Waals surface area contributed by atoms with Crippen LogP contribution < -0.4 is 5.73 Å². The van der Waals surface area contributed by atoms with Crippen LogP contribution in [0.15, 0.2) is 42.6 Å². The van der Waals surface area contributed by atoms with Crippen LogP contribution in [0, 0.1) is 5.82 Å². The molecular weight excluding hydrogens is 305 g/mol. The number of pyridine rings is 1. The fourth-order valence-electron chi connectivity index (χ4n) is 2.09. The highest BCUT2D eigenvalue weighted by Gasteiger charge is 2.15. The van der Waals surface area contributed by atoms with Crippen molar-refractivity contribution in [1.29, 1.82) is 0 Å². The van der Waals surface area contributed by atoms with E-state index in [0.29, 0.717) is 24.3 Å². The molecule has 1 amide bonds. The van der Waals surface area contributed by atoms with Crippen molar-refractivity contribution in [3.05, 3.63) is 65.2 Å². The van der Waals surface area contributed by atoms with E-state index in [1.807, 2.05) is 6.92 Å². The second-order valence-corrected chi connectivity index (χ2v) is 4.69. The molecule has 118 valence electrons. The van der Waals surface area contributed by atoms with Crippen molar-refractivity contribution in [2.24, 2.45) is 5.73 Å². The lowest BCUT2D eigenvalue weighted by Gasteiger charge is -2.21. The minimum absolute atomic E-state index is 0. The minimum atomic E-state index is -0.301. The lowest BCUT2D eigenvalue weighted by atomic mass is 10.1. The van der Waals surface area contributed by atoms with Crippen molar-refractivity contribution in [2.75, 3.05) is 6.54 Å². The summed E-state index contributed by atoms with van der Waals surface area (Å²) in [5.74, 6) is -0.413. The SMILES string of the molecule is CCN(Cc1cccc(F)c1)C(=O)c1ccnc(CN)c1.Cl. The van der Waals surface area contributed by atoms with Gasteiger partial charge in [0.2, 0.25) is 0 Å². The molecule has 0 fully saturated rings. The van der Waals surface area contributed by atoms with Gasteiger partial charge in [0, 0.05) is 31.4 Å². The summed E-state index contributed by atoms with van der Waals surface area (Å²) in [7, 11) is 0. The Balaban J connectivity index is 0.00000242. The van der Waals surface area contributed by atoms with E-state index in [-0.39, 0.29) is 30.7 Å². The van der Waals surface area contributed by atoms with Crippen LogP contribution in [0.2, 0.25) is 0 Å². The topological polar surface area (TPSA) is 59.2 Å². The first kappa shape index (κ1) is 18.1. The first-order valence-electron chi connectivity index (χ1n) is 6.82. The maximum absolute atomic E-state index is 13.2. The Bertz CT molecular complexity index is 636. The number of amides is 1. The van der Waals surface area contributed by atoms with E-state index in [0.717, 1.165) is 5.56 Å². The van der Waals surface area contributed by atoms with E-state index < -0.39 is 0 Å². The number of halogens is 2. The Morgan fingerprint density at radius 2 is 2.09 bits per heavy atom. The van der Waals surface area contributed by atoms with Gasteiger partial charge >= 0.3 is 0 Å². The zero-order chi connectivity index (χ0) is 15.2. The third-order valence-corrected chi connectivity index (χ3v) is 3.20. The molecule has 2 aromatic rings. The third-order valence-electron chi connectivity index (χ3n) is 3.20. The molecule has 1 aromatic heterocycles. The van der Waals surface area contributed by atoms with Gasteiger partial charge in [0.15, 0.2) is 0 Å². The van der Waals surface area contributed by atoms with E-state index in [9.17, 15) is 9.18 Å². The Hall–Kier alpha value is -1.98. The zero-order valence-electron chi connectivity index (χ0n) is 12.3. The molecule has 1 heterocycles. The van der Waals surface area contributed by atoms with Crippen LogP contribution in [0.3, 0.4) is 0 Å². The molecule has 0 saturated carbocycles. The molecule has 0 bridgehead atoms. The lowest BCUT2D eigenvalue weighted by molar-refractivity contribution is 0.0752. The van der Waals surface area contributed by atoms with Gasteiger partial charge in [-0.15, -0.1) is 12.4 Å². The molecule has 2 rings (SSSR count). The van der Waals surface area contributed by atoms with Crippen LogP contribution in [-0.2, 0) is 13.1 Å². The van der Waals surface area contributed by atoms with E-state index in [1.54, 1.807) is 35.4 Å². The molecule has 1 aromatic carbocycles. The molecule has 22 heavy (non-hydrogen) atoms. The number of carbonyl (C=O) groups is 1. The number of carbonyl (C=O) groups excluding carboxylic acids is 1. The van der Waals surface area contributed by atoms with E-state index in [4.69, 9.17) is 5.73 Å². The molecule has 6 heteroatoms. The van der Waals surface area contributed by atoms with Crippen LogP contribution in [0.5, 0.6) is 0 Å². The van der Waals surface area contributed by atoms with E-state index in [1.165, 1.54) is 12.1 Å². The molecule has 0 aliphatic carbocycles. The van der Waals surface area contributed by atoms with Crippen molar-refractivity contribution < 1.29 is 9.18 Å². The molecular formula is C16H19ClFN3O. The Morgan fingerprint density at radius 1 is 1.32 bits per heavy atom. The third kappa shape index (κ3) is 4.51. The summed E-state index contributed by atoms with van der Waals surface area (Å²) >= 11 is 0. The highest BCUT2D eigenvalue weighted by molar-refractivity contribution is 5.94. The number of aromatic nitrogens is 1. The first-order chi connectivity index (χ1) is 10.1. The van der Waals surface area contributed by atoms with Crippen molar-refractivity contribution >= 4 is 18.3 Å². The van der Waals surface area contributed by atoms with Crippen LogP contribution >= 0.6 is 12.4 Å². The molecule has 0 aliphatic heterocycles. The molecule has 0 saturated heterocycles. The monoisotopic (exact) mass is 323 g/mol. The van der Waals surface area contributed by atoms with Gasteiger partial charge in [-0.3, -0.25) is 9.78 Å². The van der Waals surface area contributed by atoms with Gasteiger partial charge in [0.05, 0.1) is 5.69 Å². The fourth-order valence-corrected chi connectivity index (χ4v) is 2.09. The normalized spacial score (nSPS) is 9.95. The molecule has 0 unspecified atom stereocenters. The molecule has 2 N–H and O–H groups in total. The summed E-state index contributed by atoms with van der Waals surface area (Å²) in [6.07, 6.45) is 1.57. The average Bonchev–Trinajstić information content (AvgIpc) is 2.52. The predicted octanol–water partition coefficient (Wildman–Crippen LogP) is 2.76. The highest BCUT2D eigenvalue weighted by atomic mass is 35.5. The Kier molecular flexibility index (Phi) is 6.95. The van der Waals surface area contributed by atoms with Crippen LogP contribution in [-0.4, -0.2) is 22.3 Å². The van der Waals surface area contributed by atoms with Crippen molar-refractivity contribution in [1.82, 2.24) is 9.88 Å². The number of nitrogens with zero attached hydrogens (tertiary/aromatic N) is 2. The summed E-state index contributed by atoms with van der Waals surface area (Å²) in [4.78, 5) is 18.2. The first-order valence-corrected chi connectivity index (χ1v) is 6.82. The minimum Gasteiger partial charge on any atom is -0.335 e. The second kappa shape index (κ2) is 8.46. The van der Waals surface area contributed by atoms with Gasteiger partial charge in [0.25, 0.3) is 5.91 Å². The molecule has 4 nitrogen and oxygen atoms in total. The smallest absolute Gasteiger partial charge is 0.254 e. The molecule has 0 radical (unpaired) electrons. The van der Waals surface area contributed by atoms with Gasteiger partial charge < -0.3 is 10.6 Å². The molecule has 0 spiro atoms. The largest absolute Gasteiger partial charge is 0.335 e. The van der Waals surface area contributed by atoms with E-state index >= 15 is 0 Å². The van der Waals surface area contributed by atoms with Gasteiger partial charge in [0.1, 0.15) is 5.82 Å². The summed E-state index contributed by atoms with van der Waals surface area (Å²) in [5, 5.41) is 0. The van der Waals surface area contributed by atoms with Crippen LogP contribution in [0.25, 0.3) is 0 Å². The second-order valence-electron chi connectivity index (χ2n) is 4.69. The number of nitrogens with two attached hydrogens (primary N) is 1. The number of hydrogen-bond acceptors (Lipinski definition) is 3. The molecule has 0 atom stereocenters. The standard InChI is InChI=1S/C16H18FN3O.ClH/c1-2-20(11-12-4-3-5-14(17)8-12)16(21)13-6-7-19-15(9-13)10-18;/h3-9H,2,10-11,18H2,1H3;1H. The lowest BCUT2D eigenvalue weighted by Crippen LogP contribution is -2.30. The Morgan fingerprint density at radius 3 is 2.73 bits per heavy atom. The fraction of sp³-hybridized carbons (Fsp3) is 0.250. The summed E-state index contributed by atoms with van der Waals surface area (Å²) in [6.45, 7) is 3.09. The van der Waals surface area contributed by atoms with Gasteiger partial charge in [-0.1, -0.05) is 12.1 Å². The van der Waals surface area contributed by atoms with Crippen molar-refractivity contribution in [3.63, 3.8) is 0 Å². The summed E-state index contributed by atoms with van der Waals surface area (Å²) < 4.78 is 13.2. The maximum atomic E-state index is 13.2. The van der Waals surface area contributed by atoms with E-state index in [2.05, 4.69) is 4.98 Å². The van der Waals surface area contributed by atoms with Gasteiger partial charge in [-0.25, -0.2) is 4.39 Å². The Labute approximate surface area is 135 Å². The van der Waals surface area contributed by atoms with Crippen molar-refractivity contribution in [3.8, 4) is 0 Å². The zero-order valence-corrected chi connectivity index (χ0v) is 13.1. The summed E-state index contributed by atoms with van der Waals surface area (Å²) in [5.41, 5.74) is 7.52. The highest BCUT2D eigenvalue weighted by Crippen LogP contribution is 2.11. The van der Waals surface area contributed by atoms with Crippen LogP contribution in [0.4, 0.5) is 4.39 Å². The average molecular weight is 324 g/mol. The summed E-state index contributed by atoms with van der Waals surface area (Å²) in [6, 6.07) is 9.62. The number of benzene rings is 1. The quantitative estimate of drug-likeness (QED) is 0.920. The molecule has 0 aliphatic rings. The van der Waals surface area contributed by atoms with Crippen molar-refractivity contribution in [2.45, 2.75) is 20.0 Å². The predicted molar refractivity (Wildman–Crippen MR) is 86.2 cm³/mol. The number of rotatable bonds is 5.